The highest BCUT2D eigenvalue weighted by Gasteiger charge is 2.40. The molecule has 0 spiro atoms. The van der Waals surface area contributed by atoms with Gasteiger partial charge in [0, 0.05) is 80.1 Å². The van der Waals surface area contributed by atoms with Gasteiger partial charge >= 0.3 is 0 Å². The third-order valence-electron chi connectivity index (χ3n) is 12.8. The van der Waals surface area contributed by atoms with Gasteiger partial charge in [-0.1, -0.05) is 47.5 Å². The first kappa shape index (κ1) is 56.9. The molecule has 6 rings (SSSR count). The van der Waals surface area contributed by atoms with Crippen LogP contribution in [0.5, 0.6) is 5.75 Å². The van der Waals surface area contributed by atoms with Crippen LogP contribution in [0.4, 0.5) is 11.4 Å². The second-order valence-electron chi connectivity index (χ2n) is 18.0. The molecule has 2 aliphatic heterocycles. The number of aliphatic hydroxyl groups excluding tert-OH is 10. The number of para-hydroxylation sites is 2. The van der Waals surface area contributed by atoms with Crippen molar-refractivity contribution in [2.24, 2.45) is 0 Å². The average Bonchev–Trinajstić information content (AvgIpc) is 4.14. The van der Waals surface area contributed by atoms with Crippen molar-refractivity contribution in [2.45, 2.75) is 99.8 Å². The lowest BCUT2D eigenvalue weighted by atomic mass is 10.0. The van der Waals surface area contributed by atoms with E-state index >= 15 is 0 Å². The molecule has 24 heteroatoms. The number of aliphatic hydroxyl groups is 10. The SMILES string of the molecule is O=C(NCCCN(CCCNC(=O)[C@H](O)[C@@H](O)[C@H](O)[C@H](O)CO)C(=O)c1ccc(COc2cc(Cl)c(CN3CSC[C@H]3C(=O)N3CCN(C4CC4)c4ccccc43)cc2Cl)cc1)[C@H](O)[C@@H](O)[C@H](O)[C@H](O)CO. The largest absolute Gasteiger partial charge is 0.487 e. The van der Waals surface area contributed by atoms with E-state index in [2.05, 4.69) is 26.5 Å². The quantitative estimate of drug-likeness (QED) is 0.0420. The maximum Gasteiger partial charge on any atom is 0.253 e. The summed E-state index contributed by atoms with van der Waals surface area (Å²) < 4.78 is 6.07. The third-order valence-corrected chi connectivity index (χ3v) is 14.5. The fourth-order valence-electron chi connectivity index (χ4n) is 8.37. The lowest BCUT2D eigenvalue weighted by molar-refractivity contribution is -0.149. The van der Waals surface area contributed by atoms with E-state index in [-0.39, 0.29) is 63.1 Å². The van der Waals surface area contributed by atoms with Gasteiger partial charge in [-0.15, -0.1) is 11.8 Å². The number of fused-ring (bicyclic) bond motifs is 1. The predicted molar refractivity (Wildman–Crippen MR) is 266 cm³/mol. The number of amides is 4. The molecule has 2 fully saturated rings. The van der Waals surface area contributed by atoms with Crippen LogP contribution in [-0.2, 0) is 27.5 Å². The summed E-state index contributed by atoms with van der Waals surface area (Å²) in [6, 6.07) is 18.1. The molecule has 0 bridgehead atoms. The minimum Gasteiger partial charge on any atom is -0.487 e. The Balaban J connectivity index is 1.04. The number of carbonyl (C=O) groups excluding carboxylic acids is 4. The first-order valence-corrected chi connectivity index (χ1v) is 25.6. The molecule has 2 heterocycles. The number of nitrogens with zero attached hydrogens (tertiary/aromatic N) is 4. The highest BCUT2D eigenvalue weighted by Crippen LogP contribution is 2.41. The van der Waals surface area contributed by atoms with E-state index in [9.17, 15) is 60.0 Å². The summed E-state index contributed by atoms with van der Waals surface area (Å²) in [4.78, 5) is 60.8. The Kier molecular flexibility index (Phi) is 21.1. The van der Waals surface area contributed by atoms with Gasteiger partial charge in [0.15, 0.2) is 12.2 Å². The van der Waals surface area contributed by atoms with Crippen LogP contribution in [0.2, 0.25) is 10.0 Å². The number of benzene rings is 3. The van der Waals surface area contributed by atoms with Crippen LogP contribution in [0, 0.1) is 0 Å². The second kappa shape index (κ2) is 26.7. The van der Waals surface area contributed by atoms with Crippen molar-refractivity contribution < 1.29 is 75.0 Å². The number of nitrogens with one attached hydrogen (secondary N) is 2. The monoisotopic (exact) mass is 1070 g/mol. The minimum atomic E-state index is -2.16. The van der Waals surface area contributed by atoms with Crippen LogP contribution < -0.4 is 25.2 Å². The van der Waals surface area contributed by atoms with Crippen LogP contribution in [0.3, 0.4) is 0 Å². The Morgan fingerprint density at radius 3 is 1.86 bits per heavy atom. The summed E-state index contributed by atoms with van der Waals surface area (Å²) in [6.45, 7) is -0.213. The summed E-state index contributed by atoms with van der Waals surface area (Å²) in [5.41, 5.74) is 3.70. The van der Waals surface area contributed by atoms with Gasteiger partial charge in [0.2, 0.25) is 5.91 Å². The summed E-state index contributed by atoms with van der Waals surface area (Å²) >= 11 is 15.3. The van der Waals surface area contributed by atoms with E-state index in [1.807, 2.05) is 23.1 Å². The van der Waals surface area contributed by atoms with E-state index in [0.717, 1.165) is 23.5 Å². The maximum absolute atomic E-state index is 14.1. The minimum absolute atomic E-state index is 0.0179. The van der Waals surface area contributed by atoms with E-state index in [1.165, 1.54) is 17.7 Å². The van der Waals surface area contributed by atoms with E-state index < -0.39 is 79.8 Å². The summed E-state index contributed by atoms with van der Waals surface area (Å²) in [7, 11) is 0. The number of anilines is 2. The highest BCUT2D eigenvalue weighted by atomic mass is 35.5. The molecule has 1 aliphatic carbocycles. The molecule has 1 saturated carbocycles. The van der Waals surface area contributed by atoms with E-state index in [0.29, 0.717) is 52.1 Å². The number of ether oxygens (including phenoxy) is 1. The molecule has 3 aromatic carbocycles. The molecule has 396 valence electrons. The molecule has 0 unspecified atom stereocenters. The van der Waals surface area contributed by atoms with Crippen LogP contribution >= 0.6 is 35.0 Å². The first-order valence-electron chi connectivity index (χ1n) is 23.6. The lowest BCUT2D eigenvalue weighted by Gasteiger charge is -2.39. The van der Waals surface area contributed by atoms with Gasteiger partial charge in [0.1, 0.15) is 49.0 Å². The molecule has 1 saturated heterocycles. The zero-order chi connectivity index (χ0) is 52.2. The molecule has 72 heavy (non-hydrogen) atoms. The average molecular weight is 1070 g/mol. The number of hydrogen-bond acceptors (Lipinski definition) is 18. The molecule has 9 atom stereocenters. The van der Waals surface area contributed by atoms with Crippen molar-refractivity contribution in [3.63, 3.8) is 0 Å². The first-order chi connectivity index (χ1) is 34.4. The molecule has 0 radical (unpaired) electrons. The lowest BCUT2D eigenvalue weighted by Crippen LogP contribution is -2.52. The normalized spacial score (nSPS) is 19.3. The standard InChI is InChI=1S/C48H64Cl2N6O15S/c49-31-20-38(32(50)19-29(31)21-54-26-72-25-35(54)48(70)56-18-17-55(30-11-12-30)33-5-1-2-6-34(33)56)71-24-27-7-9-28(10-8-27)47(69)53(15-3-13-51-45(67)43(65)41(63)39(61)36(59)22-57)16-4-14-52-46(68)44(66)42(64)40(62)37(60)23-58/h1-2,5-10,19-20,30,35-37,39-44,57-66H,3-4,11-18,21-26H2,(H,51,67)(H,52,68)/t35-,36+,37+,39+,40+,41-,42-,43+,44+/m0/s1. The summed E-state index contributed by atoms with van der Waals surface area (Å²) in [6.07, 6.45) is -13.7. The molecule has 3 aliphatic rings. The second-order valence-corrected chi connectivity index (χ2v) is 19.8. The molecule has 3 aromatic rings. The summed E-state index contributed by atoms with van der Waals surface area (Å²) in [5.74, 6) is -0.967. The van der Waals surface area contributed by atoms with Gasteiger partial charge in [-0.3, -0.25) is 24.1 Å². The third kappa shape index (κ3) is 14.5. The Labute approximate surface area is 430 Å². The number of thioether (sulfide) groups is 1. The van der Waals surface area contributed by atoms with Gasteiger partial charge in [-0.05, 0) is 67.1 Å². The van der Waals surface area contributed by atoms with Crippen molar-refractivity contribution >= 4 is 70.0 Å². The maximum atomic E-state index is 14.1. The Morgan fingerprint density at radius 1 is 0.736 bits per heavy atom. The van der Waals surface area contributed by atoms with Gasteiger partial charge < -0.3 is 81.1 Å². The van der Waals surface area contributed by atoms with Crippen molar-refractivity contribution in [3.8, 4) is 5.75 Å². The van der Waals surface area contributed by atoms with Crippen molar-refractivity contribution in [1.29, 1.82) is 0 Å². The van der Waals surface area contributed by atoms with Gasteiger partial charge in [-0.2, -0.15) is 0 Å². The molecular weight excluding hydrogens is 1000 g/mol. The number of hydrogen-bond donors (Lipinski definition) is 12. The molecule has 21 nitrogen and oxygen atoms in total. The highest BCUT2D eigenvalue weighted by molar-refractivity contribution is 7.99. The zero-order valence-corrected chi connectivity index (χ0v) is 41.7. The number of rotatable bonds is 26. The van der Waals surface area contributed by atoms with Crippen LogP contribution in [0.25, 0.3) is 0 Å². The Hall–Kier alpha value is -4.37. The van der Waals surface area contributed by atoms with Gasteiger partial charge in [-0.25, -0.2) is 0 Å². The van der Waals surface area contributed by atoms with E-state index in [1.54, 1.807) is 48.2 Å². The Bertz CT molecular complexity index is 2260. The molecule has 0 aromatic heterocycles. The number of halogens is 2. The van der Waals surface area contributed by atoms with Gasteiger partial charge in [0.25, 0.3) is 17.7 Å². The smallest absolute Gasteiger partial charge is 0.253 e. The predicted octanol–water partition coefficient (Wildman–Crippen LogP) is -1.21. The fourth-order valence-corrected chi connectivity index (χ4v) is 10.0. The van der Waals surface area contributed by atoms with Crippen LogP contribution in [-0.4, -0.2) is 210 Å². The molecule has 4 amide bonds. The topological polar surface area (TPSA) is 317 Å². The zero-order valence-electron chi connectivity index (χ0n) is 39.3. The van der Waals surface area contributed by atoms with Crippen LogP contribution in [0.1, 0.15) is 47.2 Å². The Morgan fingerprint density at radius 2 is 1.31 bits per heavy atom. The van der Waals surface area contributed by atoms with Gasteiger partial charge in [0.05, 0.1) is 35.7 Å². The van der Waals surface area contributed by atoms with Crippen molar-refractivity contribution in [3.05, 3.63) is 87.4 Å². The number of carbonyl (C=O) groups is 4. The van der Waals surface area contributed by atoms with E-state index in [4.69, 9.17) is 38.2 Å². The van der Waals surface area contributed by atoms with Crippen LogP contribution in [0.15, 0.2) is 60.7 Å². The molecular formula is C48H64Cl2N6O15S. The van der Waals surface area contributed by atoms with Crippen molar-refractivity contribution in [2.75, 3.05) is 73.9 Å². The molecule has 12 N–H and O–H groups in total. The fraction of sp³-hybridized carbons (Fsp3) is 0.542. The van der Waals surface area contributed by atoms with Crippen molar-refractivity contribution in [1.82, 2.24) is 20.4 Å². The summed E-state index contributed by atoms with van der Waals surface area (Å²) in [5, 5.41) is 103.